The van der Waals surface area contributed by atoms with Crippen molar-refractivity contribution in [3.63, 3.8) is 0 Å². The van der Waals surface area contributed by atoms with E-state index in [0.717, 1.165) is 34.6 Å². The Kier molecular flexibility index (Phi) is 6.46. The third kappa shape index (κ3) is 5.06. The van der Waals surface area contributed by atoms with Crippen molar-refractivity contribution in [3.8, 4) is 16.2 Å². The molecule has 0 saturated carbocycles. The lowest BCUT2D eigenvalue weighted by atomic mass is 9.91. The quantitative estimate of drug-likeness (QED) is 0.518. The van der Waals surface area contributed by atoms with Gasteiger partial charge in [-0.05, 0) is 85.0 Å². The minimum absolute atomic E-state index is 0.175. The second-order valence-electron chi connectivity index (χ2n) is 7.78. The Labute approximate surface area is 195 Å². The Morgan fingerprint density at radius 2 is 1.61 bits per heavy atom. The molecule has 4 rings (SSSR count). The van der Waals surface area contributed by atoms with Gasteiger partial charge in [-0.3, -0.25) is 9.59 Å². The Morgan fingerprint density at radius 3 is 2.27 bits per heavy atom. The topological polar surface area (TPSA) is 93.7 Å². The van der Waals surface area contributed by atoms with E-state index in [-0.39, 0.29) is 5.91 Å². The van der Waals surface area contributed by atoms with E-state index in [1.807, 2.05) is 24.3 Å². The summed E-state index contributed by atoms with van der Waals surface area (Å²) in [6, 6.07) is 14.5. The van der Waals surface area contributed by atoms with E-state index in [2.05, 4.69) is 10.6 Å². The van der Waals surface area contributed by atoms with E-state index in [1.165, 1.54) is 30.7 Å². The molecule has 8 heteroatoms. The van der Waals surface area contributed by atoms with Crippen LogP contribution in [0.4, 0.5) is 11.4 Å². The molecule has 0 radical (unpaired) electrons. The number of aryl methyl sites for hydroxylation is 2. The number of carbonyl (C=O) groups excluding carboxylic acids is 3. The molecule has 3 aromatic rings. The van der Waals surface area contributed by atoms with Crippen LogP contribution in [0.2, 0.25) is 0 Å². The average Bonchev–Trinajstić information content (AvgIpc) is 3.24. The molecule has 0 bridgehead atoms. The Morgan fingerprint density at radius 1 is 0.939 bits per heavy atom. The van der Waals surface area contributed by atoms with E-state index in [4.69, 9.17) is 9.47 Å². The van der Waals surface area contributed by atoms with Gasteiger partial charge in [0.15, 0.2) is 6.10 Å². The molecule has 2 N–H and O–H groups in total. The maximum Gasteiger partial charge on any atom is 0.349 e. The highest BCUT2D eigenvalue weighted by Gasteiger charge is 2.25. The molecule has 2 aromatic carbocycles. The molecule has 33 heavy (non-hydrogen) atoms. The number of anilines is 2. The van der Waals surface area contributed by atoms with E-state index in [0.29, 0.717) is 16.3 Å². The average molecular weight is 465 g/mol. The van der Waals surface area contributed by atoms with Gasteiger partial charge < -0.3 is 20.1 Å². The number of hydrogen-bond donors (Lipinski definition) is 2. The number of fused-ring (bicyclic) bond motifs is 3. The SMILES string of the molecule is COc1ccc2c(c1)CCc1cc(C(=O)O[C@@H](C)C(=O)Nc3ccc(NC(C)=O)cc3)sc1-2. The summed E-state index contributed by atoms with van der Waals surface area (Å²) in [7, 11) is 1.65. The van der Waals surface area contributed by atoms with Crippen molar-refractivity contribution in [2.45, 2.75) is 32.8 Å². The van der Waals surface area contributed by atoms with E-state index in [1.54, 1.807) is 31.4 Å². The number of thiophene rings is 1. The first kappa shape index (κ1) is 22.5. The fourth-order valence-electron chi connectivity index (χ4n) is 3.69. The van der Waals surface area contributed by atoms with Crippen LogP contribution in [0.15, 0.2) is 48.5 Å². The second-order valence-corrected chi connectivity index (χ2v) is 8.84. The summed E-state index contributed by atoms with van der Waals surface area (Å²) in [6.07, 6.45) is 0.747. The lowest BCUT2D eigenvalue weighted by molar-refractivity contribution is -0.123. The third-order valence-corrected chi connectivity index (χ3v) is 6.55. The number of nitrogens with one attached hydrogen (secondary N) is 2. The van der Waals surface area contributed by atoms with Gasteiger partial charge in [0.1, 0.15) is 10.6 Å². The monoisotopic (exact) mass is 464 g/mol. The Bertz CT molecular complexity index is 1220. The van der Waals surface area contributed by atoms with E-state index in [9.17, 15) is 14.4 Å². The fourth-order valence-corrected chi connectivity index (χ4v) is 4.85. The summed E-state index contributed by atoms with van der Waals surface area (Å²) in [5.41, 5.74) is 4.58. The summed E-state index contributed by atoms with van der Waals surface area (Å²) in [6.45, 7) is 2.96. The van der Waals surface area contributed by atoms with Crippen LogP contribution in [0.5, 0.6) is 5.75 Å². The first-order chi connectivity index (χ1) is 15.8. The highest BCUT2D eigenvalue weighted by atomic mass is 32.1. The normalized spacial score (nSPS) is 12.7. The highest BCUT2D eigenvalue weighted by molar-refractivity contribution is 7.17. The molecule has 2 amide bonds. The third-order valence-electron chi connectivity index (χ3n) is 5.36. The maximum absolute atomic E-state index is 12.7. The van der Waals surface area contributed by atoms with Crippen LogP contribution in [0.25, 0.3) is 10.4 Å². The van der Waals surface area contributed by atoms with Crippen molar-refractivity contribution in [2.75, 3.05) is 17.7 Å². The summed E-state index contributed by atoms with van der Waals surface area (Å²) in [5, 5.41) is 5.37. The zero-order valence-corrected chi connectivity index (χ0v) is 19.4. The van der Waals surface area contributed by atoms with Gasteiger partial charge in [-0.2, -0.15) is 0 Å². The second kappa shape index (κ2) is 9.46. The molecular formula is C25H24N2O5S. The molecule has 0 fully saturated rings. The van der Waals surface area contributed by atoms with E-state index >= 15 is 0 Å². The van der Waals surface area contributed by atoms with Gasteiger partial charge >= 0.3 is 5.97 Å². The molecule has 1 aliphatic rings. The van der Waals surface area contributed by atoms with Crippen molar-refractivity contribution >= 4 is 40.5 Å². The molecule has 0 spiro atoms. The van der Waals surface area contributed by atoms with Crippen LogP contribution in [-0.4, -0.2) is 31.0 Å². The van der Waals surface area contributed by atoms with Crippen molar-refractivity contribution in [3.05, 3.63) is 64.5 Å². The number of methoxy groups -OCH3 is 1. The zero-order chi connectivity index (χ0) is 23.5. The molecule has 7 nitrogen and oxygen atoms in total. The van der Waals surface area contributed by atoms with Gasteiger partial charge in [0.25, 0.3) is 5.91 Å². The van der Waals surface area contributed by atoms with Crippen molar-refractivity contribution in [2.24, 2.45) is 0 Å². The number of carbonyl (C=O) groups is 3. The molecule has 1 atom stereocenters. The number of benzene rings is 2. The highest BCUT2D eigenvalue weighted by Crippen LogP contribution is 2.41. The van der Waals surface area contributed by atoms with E-state index < -0.39 is 18.0 Å². The number of ether oxygens (including phenoxy) is 2. The standard InChI is InChI=1S/C25H24N2O5S/c1-14(24(29)27-19-8-6-18(7-9-19)26-15(2)28)32-25(30)22-13-17-5-4-16-12-20(31-3)10-11-21(16)23(17)33-22/h6-14H,4-5H2,1-3H3,(H,26,28)(H,27,29)/t14-/m0/s1. The van der Waals surface area contributed by atoms with Crippen molar-refractivity contribution in [1.29, 1.82) is 0 Å². The fraction of sp³-hybridized carbons (Fsp3) is 0.240. The number of hydrogen-bond acceptors (Lipinski definition) is 6. The number of amides is 2. The zero-order valence-electron chi connectivity index (χ0n) is 18.6. The van der Waals surface area contributed by atoms with Crippen LogP contribution in [-0.2, 0) is 27.2 Å². The predicted molar refractivity (Wildman–Crippen MR) is 128 cm³/mol. The van der Waals surface area contributed by atoms with Gasteiger partial charge in [-0.1, -0.05) is 0 Å². The van der Waals surface area contributed by atoms with Crippen LogP contribution < -0.4 is 15.4 Å². The Hall–Kier alpha value is -3.65. The largest absolute Gasteiger partial charge is 0.497 e. The molecule has 0 saturated heterocycles. The van der Waals surface area contributed by atoms with Crippen LogP contribution >= 0.6 is 11.3 Å². The minimum atomic E-state index is -0.969. The van der Waals surface area contributed by atoms with Gasteiger partial charge in [-0.15, -0.1) is 11.3 Å². The molecular weight excluding hydrogens is 440 g/mol. The summed E-state index contributed by atoms with van der Waals surface area (Å²) in [5.74, 6) is -0.314. The lowest BCUT2D eigenvalue weighted by Gasteiger charge is -2.16. The minimum Gasteiger partial charge on any atom is -0.497 e. The number of rotatable bonds is 6. The van der Waals surface area contributed by atoms with Crippen molar-refractivity contribution < 1.29 is 23.9 Å². The summed E-state index contributed by atoms with van der Waals surface area (Å²) >= 11 is 1.38. The van der Waals surface area contributed by atoms with Gasteiger partial charge in [0.05, 0.1) is 7.11 Å². The smallest absolute Gasteiger partial charge is 0.349 e. The van der Waals surface area contributed by atoms with Gasteiger partial charge in [0, 0.05) is 23.2 Å². The molecule has 1 aromatic heterocycles. The van der Waals surface area contributed by atoms with Crippen LogP contribution in [0, 0.1) is 0 Å². The molecule has 0 unspecified atom stereocenters. The summed E-state index contributed by atoms with van der Waals surface area (Å²) in [4.78, 5) is 37.9. The lowest BCUT2D eigenvalue weighted by Crippen LogP contribution is -2.29. The summed E-state index contributed by atoms with van der Waals surface area (Å²) < 4.78 is 10.7. The van der Waals surface area contributed by atoms with Gasteiger partial charge in [0.2, 0.25) is 5.91 Å². The number of esters is 1. The molecule has 1 aliphatic carbocycles. The first-order valence-electron chi connectivity index (χ1n) is 10.5. The molecule has 170 valence electrons. The van der Waals surface area contributed by atoms with Gasteiger partial charge in [-0.25, -0.2) is 4.79 Å². The maximum atomic E-state index is 12.7. The molecule has 1 heterocycles. The first-order valence-corrected chi connectivity index (χ1v) is 11.3. The molecule has 0 aliphatic heterocycles. The van der Waals surface area contributed by atoms with Crippen molar-refractivity contribution in [1.82, 2.24) is 0 Å². The predicted octanol–water partition coefficient (Wildman–Crippen LogP) is 4.66. The Balaban J connectivity index is 1.40. The van der Waals surface area contributed by atoms with Crippen LogP contribution in [0.1, 0.15) is 34.6 Å². The van der Waals surface area contributed by atoms with Crippen LogP contribution in [0.3, 0.4) is 0 Å².